The zero-order valence-corrected chi connectivity index (χ0v) is 16.1. The first-order valence-electron chi connectivity index (χ1n) is 10.2. The quantitative estimate of drug-likeness (QED) is 0.805. The second-order valence-electron chi connectivity index (χ2n) is 7.86. The molecule has 2 aliphatic heterocycles. The third-order valence-corrected chi connectivity index (χ3v) is 7.38. The van der Waals surface area contributed by atoms with E-state index in [1.54, 1.807) is 11.3 Å². The maximum Gasteiger partial charge on any atom is 0.264 e. The molecule has 1 amide bonds. The Morgan fingerprint density at radius 1 is 1.00 bits per heavy atom. The average molecular weight is 371 g/mol. The zero-order valence-electron chi connectivity index (χ0n) is 15.2. The minimum Gasteiger partial charge on any atom is -0.328 e. The van der Waals surface area contributed by atoms with Crippen LogP contribution in [0.25, 0.3) is 0 Å². The summed E-state index contributed by atoms with van der Waals surface area (Å²) in [5.74, 6) is 2.34. The zero-order chi connectivity index (χ0) is 17.5. The van der Waals surface area contributed by atoms with Crippen LogP contribution in [0, 0.1) is 0 Å². The minimum atomic E-state index is 0.0981. The molecular formula is C20H26N4OS. The monoisotopic (exact) mass is 370 g/mol. The van der Waals surface area contributed by atoms with Crippen LogP contribution in [-0.2, 0) is 25.8 Å². The molecule has 2 aromatic heterocycles. The first-order chi connectivity index (χ1) is 12.8. The van der Waals surface area contributed by atoms with Crippen LogP contribution in [0.1, 0.15) is 82.7 Å². The molecule has 5 rings (SSSR count). The number of nitrogens with zero attached hydrogens (tertiary/aromatic N) is 4. The molecule has 0 N–H and O–H groups in total. The number of carbonyl (C=O) groups excluding carboxylic acids is 1. The predicted molar refractivity (Wildman–Crippen MR) is 102 cm³/mol. The molecule has 138 valence electrons. The van der Waals surface area contributed by atoms with E-state index in [4.69, 9.17) is 0 Å². The van der Waals surface area contributed by atoms with Crippen LogP contribution in [0.5, 0.6) is 0 Å². The van der Waals surface area contributed by atoms with Crippen molar-refractivity contribution < 1.29 is 4.79 Å². The Labute approximate surface area is 158 Å². The third-order valence-electron chi connectivity index (χ3n) is 6.16. The minimum absolute atomic E-state index is 0.0981. The van der Waals surface area contributed by atoms with Gasteiger partial charge in [-0.1, -0.05) is 6.42 Å². The fourth-order valence-electron chi connectivity index (χ4n) is 4.77. The van der Waals surface area contributed by atoms with Gasteiger partial charge in [0.15, 0.2) is 5.82 Å². The Morgan fingerprint density at radius 2 is 1.88 bits per heavy atom. The van der Waals surface area contributed by atoms with Crippen molar-refractivity contribution >= 4 is 17.2 Å². The number of carbonyl (C=O) groups is 1. The van der Waals surface area contributed by atoms with E-state index >= 15 is 0 Å². The standard InChI is InChI=1S/C20H26N4OS/c25-20(17-13-14-7-3-4-9-16(14)26-17)23-12-6-8-15(23)19-22-21-18-10-2-1-5-11-24(18)19/h13,15H,1-12H2. The topological polar surface area (TPSA) is 51.0 Å². The molecule has 6 heteroatoms. The summed E-state index contributed by atoms with van der Waals surface area (Å²) in [6, 6.07) is 2.27. The first kappa shape index (κ1) is 16.5. The molecule has 1 atom stereocenters. The lowest BCUT2D eigenvalue weighted by Crippen LogP contribution is -2.31. The molecule has 2 aromatic rings. The van der Waals surface area contributed by atoms with Crippen LogP contribution < -0.4 is 0 Å². The summed E-state index contributed by atoms with van der Waals surface area (Å²) in [6.07, 6.45) is 11.5. The van der Waals surface area contributed by atoms with Crippen molar-refractivity contribution in [3.63, 3.8) is 0 Å². The van der Waals surface area contributed by atoms with Gasteiger partial charge in [-0.05, 0) is 63.0 Å². The molecule has 26 heavy (non-hydrogen) atoms. The molecule has 1 aliphatic carbocycles. The maximum absolute atomic E-state index is 13.3. The van der Waals surface area contributed by atoms with Crippen LogP contribution >= 0.6 is 11.3 Å². The summed E-state index contributed by atoms with van der Waals surface area (Å²) in [7, 11) is 0. The normalized spacial score (nSPS) is 22.8. The van der Waals surface area contributed by atoms with E-state index in [1.807, 2.05) is 0 Å². The van der Waals surface area contributed by atoms with E-state index < -0.39 is 0 Å². The highest BCUT2D eigenvalue weighted by Crippen LogP contribution is 2.36. The van der Waals surface area contributed by atoms with Gasteiger partial charge in [-0.25, -0.2) is 0 Å². The number of aromatic nitrogens is 3. The van der Waals surface area contributed by atoms with Crippen molar-refractivity contribution in [2.75, 3.05) is 6.54 Å². The molecule has 0 radical (unpaired) electrons. The lowest BCUT2D eigenvalue weighted by molar-refractivity contribution is 0.0732. The lowest BCUT2D eigenvalue weighted by Gasteiger charge is -2.24. The van der Waals surface area contributed by atoms with Crippen molar-refractivity contribution in [1.29, 1.82) is 0 Å². The van der Waals surface area contributed by atoms with Gasteiger partial charge < -0.3 is 9.47 Å². The molecule has 0 aromatic carbocycles. The molecule has 4 heterocycles. The fourth-order valence-corrected chi connectivity index (χ4v) is 5.98. The average Bonchev–Trinajstić information content (AvgIpc) is 3.35. The van der Waals surface area contributed by atoms with Crippen LogP contribution in [-0.4, -0.2) is 32.1 Å². The molecule has 5 nitrogen and oxygen atoms in total. The van der Waals surface area contributed by atoms with Gasteiger partial charge in [0.25, 0.3) is 5.91 Å². The van der Waals surface area contributed by atoms with Gasteiger partial charge in [0.2, 0.25) is 0 Å². The molecule has 0 bridgehead atoms. The maximum atomic E-state index is 13.3. The number of rotatable bonds is 2. The molecule has 0 spiro atoms. The second-order valence-corrected chi connectivity index (χ2v) is 9.00. The predicted octanol–water partition coefficient (Wildman–Crippen LogP) is 3.92. The molecule has 1 unspecified atom stereocenters. The fraction of sp³-hybridized carbons (Fsp3) is 0.650. The summed E-state index contributed by atoms with van der Waals surface area (Å²) >= 11 is 1.73. The largest absolute Gasteiger partial charge is 0.328 e. The van der Waals surface area contributed by atoms with Crippen LogP contribution in [0.15, 0.2) is 6.07 Å². The van der Waals surface area contributed by atoms with Gasteiger partial charge in [-0.2, -0.15) is 0 Å². The van der Waals surface area contributed by atoms with Gasteiger partial charge in [-0.3, -0.25) is 4.79 Å². The van der Waals surface area contributed by atoms with Crippen LogP contribution in [0.3, 0.4) is 0 Å². The number of hydrogen-bond donors (Lipinski definition) is 0. The molecular weight excluding hydrogens is 344 g/mol. The molecule has 3 aliphatic rings. The third kappa shape index (κ3) is 2.79. The number of fused-ring (bicyclic) bond motifs is 2. The van der Waals surface area contributed by atoms with E-state index in [9.17, 15) is 4.79 Å². The van der Waals surface area contributed by atoms with Crippen molar-refractivity contribution in [2.45, 2.75) is 76.8 Å². The number of amides is 1. The summed E-state index contributed by atoms with van der Waals surface area (Å²) in [4.78, 5) is 17.7. The SMILES string of the molecule is O=C(c1cc2c(s1)CCCC2)N1CCCC1c1nnc2n1CCCCC2. The van der Waals surface area contributed by atoms with Crippen molar-refractivity contribution in [2.24, 2.45) is 0 Å². The Morgan fingerprint density at radius 3 is 2.81 bits per heavy atom. The van der Waals surface area contributed by atoms with Gasteiger partial charge in [0, 0.05) is 24.4 Å². The van der Waals surface area contributed by atoms with Crippen molar-refractivity contribution in [3.05, 3.63) is 33.0 Å². The van der Waals surface area contributed by atoms with E-state index in [0.29, 0.717) is 0 Å². The van der Waals surface area contributed by atoms with Crippen molar-refractivity contribution in [1.82, 2.24) is 19.7 Å². The molecule has 1 saturated heterocycles. The highest BCUT2D eigenvalue weighted by atomic mass is 32.1. The number of thiophene rings is 1. The number of aryl methyl sites for hydroxylation is 3. The van der Waals surface area contributed by atoms with Crippen molar-refractivity contribution in [3.8, 4) is 0 Å². The van der Waals surface area contributed by atoms with Gasteiger partial charge in [0.1, 0.15) is 5.82 Å². The Kier molecular flexibility index (Phi) is 4.31. The Hall–Kier alpha value is -1.69. The van der Waals surface area contributed by atoms with Gasteiger partial charge in [-0.15, -0.1) is 21.5 Å². The Bertz CT molecular complexity index is 800. The Balaban J connectivity index is 1.43. The summed E-state index contributed by atoms with van der Waals surface area (Å²) in [5.41, 5.74) is 1.41. The van der Waals surface area contributed by atoms with Crippen LogP contribution in [0.4, 0.5) is 0 Å². The second kappa shape index (κ2) is 6.80. The first-order valence-corrected chi connectivity index (χ1v) is 11.0. The smallest absolute Gasteiger partial charge is 0.264 e. The number of likely N-dealkylation sites (tertiary alicyclic amines) is 1. The number of hydrogen-bond acceptors (Lipinski definition) is 4. The molecule has 0 saturated carbocycles. The highest BCUT2D eigenvalue weighted by molar-refractivity contribution is 7.14. The van der Waals surface area contributed by atoms with E-state index in [-0.39, 0.29) is 11.9 Å². The summed E-state index contributed by atoms with van der Waals surface area (Å²) in [6.45, 7) is 1.84. The lowest BCUT2D eigenvalue weighted by atomic mass is 9.99. The summed E-state index contributed by atoms with van der Waals surface area (Å²) in [5, 5.41) is 8.99. The highest BCUT2D eigenvalue weighted by Gasteiger charge is 2.35. The van der Waals surface area contributed by atoms with Crippen LogP contribution in [0.2, 0.25) is 0 Å². The van der Waals surface area contributed by atoms with E-state index in [2.05, 4.69) is 25.7 Å². The molecule has 1 fully saturated rings. The van der Waals surface area contributed by atoms with Gasteiger partial charge >= 0.3 is 0 Å². The van der Waals surface area contributed by atoms with E-state index in [0.717, 1.165) is 61.7 Å². The van der Waals surface area contributed by atoms with Gasteiger partial charge in [0.05, 0.1) is 10.9 Å². The summed E-state index contributed by atoms with van der Waals surface area (Å²) < 4.78 is 2.31. The van der Waals surface area contributed by atoms with E-state index in [1.165, 1.54) is 42.5 Å².